The summed E-state index contributed by atoms with van der Waals surface area (Å²) in [6.45, 7) is 6.21. The fraction of sp³-hybridized carbons (Fsp3) is 0.565. The number of para-hydroxylation sites is 1. The second-order valence-electron chi connectivity index (χ2n) is 8.73. The molecule has 1 aliphatic carbocycles. The predicted molar refractivity (Wildman–Crippen MR) is 122 cm³/mol. The average molecular weight is 434 g/mol. The Bertz CT molecular complexity index is 958. The number of hydrogen-bond donors (Lipinski definition) is 2. The molecule has 2 aliphatic rings. The van der Waals surface area contributed by atoms with Gasteiger partial charge >= 0.3 is 0 Å². The molecule has 0 spiro atoms. The molecule has 4 rings (SSSR count). The summed E-state index contributed by atoms with van der Waals surface area (Å²) in [5.74, 6) is -0.678. The quantitative estimate of drug-likeness (QED) is 0.768. The number of aromatic nitrogens is 1. The van der Waals surface area contributed by atoms with Gasteiger partial charge in [0, 0.05) is 23.5 Å². The Labute approximate surface area is 183 Å². The van der Waals surface area contributed by atoms with Crippen LogP contribution in [0.15, 0.2) is 29.1 Å². The summed E-state index contributed by atoms with van der Waals surface area (Å²) in [6.07, 6.45) is 6.56. The topological polar surface area (TPSA) is 74.6 Å². The van der Waals surface area contributed by atoms with Crippen LogP contribution in [0.3, 0.4) is 0 Å². The molecule has 1 aromatic heterocycles. The molecule has 0 unspecified atom stereocenters. The lowest BCUT2D eigenvalue weighted by molar-refractivity contribution is 0.0906. The summed E-state index contributed by atoms with van der Waals surface area (Å²) in [7, 11) is 0. The second-order valence-corrected chi connectivity index (χ2v) is 8.73. The van der Waals surface area contributed by atoms with Crippen LogP contribution in [0.5, 0.6) is 5.75 Å². The zero-order chi connectivity index (χ0) is 20.5. The van der Waals surface area contributed by atoms with E-state index in [0.717, 1.165) is 25.7 Å². The first-order chi connectivity index (χ1) is 14.0. The summed E-state index contributed by atoms with van der Waals surface area (Å²) in [5, 5.41) is 14.3. The third kappa shape index (κ3) is 4.21. The Morgan fingerprint density at radius 3 is 2.37 bits per heavy atom. The van der Waals surface area contributed by atoms with Crippen LogP contribution in [0.25, 0.3) is 10.9 Å². The molecule has 0 radical (unpaired) electrons. The fourth-order valence-corrected chi connectivity index (χ4v) is 5.02. The number of hydrogen-bond acceptors (Lipinski definition) is 4. The Morgan fingerprint density at radius 1 is 1.10 bits per heavy atom. The predicted octanol–water partition coefficient (Wildman–Crippen LogP) is 3.85. The van der Waals surface area contributed by atoms with Gasteiger partial charge in [-0.2, -0.15) is 0 Å². The molecule has 2 aromatic rings. The van der Waals surface area contributed by atoms with E-state index in [-0.39, 0.29) is 35.8 Å². The van der Waals surface area contributed by atoms with Crippen LogP contribution in [0, 0.1) is 0 Å². The Hall–Kier alpha value is -2.05. The number of fused-ring (bicyclic) bond motifs is 1. The molecule has 7 heteroatoms. The highest BCUT2D eigenvalue weighted by atomic mass is 35.5. The van der Waals surface area contributed by atoms with E-state index in [9.17, 15) is 14.7 Å². The molecule has 1 aliphatic heterocycles. The van der Waals surface area contributed by atoms with E-state index in [4.69, 9.17) is 0 Å². The Kier molecular flexibility index (Phi) is 7.09. The zero-order valence-electron chi connectivity index (χ0n) is 17.8. The maximum atomic E-state index is 13.1. The molecule has 2 heterocycles. The lowest BCUT2D eigenvalue weighted by atomic mass is 9.90. The van der Waals surface area contributed by atoms with Gasteiger partial charge in [-0.25, -0.2) is 0 Å². The van der Waals surface area contributed by atoms with Gasteiger partial charge in [0.25, 0.3) is 11.5 Å². The minimum atomic E-state index is -0.461. The van der Waals surface area contributed by atoms with Gasteiger partial charge in [-0.05, 0) is 77.6 Å². The number of nitrogens with zero attached hydrogens (tertiary/aromatic N) is 2. The van der Waals surface area contributed by atoms with Gasteiger partial charge < -0.3 is 19.9 Å². The molecular formula is C23H32ClN3O3. The minimum absolute atomic E-state index is 0. The molecule has 6 nitrogen and oxygen atoms in total. The zero-order valence-corrected chi connectivity index (χ0v) is 18.6. The Balaban J connectivity index is 0.00000256. The number of pyridine rings is 1. The van der Waals surface area contributed by atoms with Crippen molar-refractivity contribution < 1.29 is 9.90 Å². The first-order valence-electron chi connectivity index (χ1n) is 10.9. The number of carbonyl (C=O) groups excluding carboxylic acids is 1. The number of amides is 1. The van der Waals surface area contributed by atoms with E-state index in [1.165, 1.54) is 25.9 Å². The van der Waals surface area contributed by atoms with Crippen LogP contribution in [-0.4, -0.2) is 45.7 Å². The molecule has 164 valence electrons. The largest absolute Gasteiger partial charge is 0.506 e. The van der Waals surface area contributed by atoms with Crippen LogP contribution in [-0.2, 0) is 0 Å². The SMILES string of the molecule is CC(C)n1c(=O)c(C(=O)NC2CCC(N3CCCC3)CC2)c(O)c2ccccc21.Cl. The van der Waals surface area contributed by atoms with E-state index in [1.807, 2.05) is 19.9 Å². The van der Waals surface area contributed by atoms with Crippen LogP contribution in [0.2, 0.25) is 0 Å². The smallest absolute Gasteiger partial charge is 0.267 e. The maximum absolute atomic E-state index is 13.1. The first-order valence-corrected chi connectivity index (χ1v) is 10.9. The summed E-state index contributed by atoms with van der Waals surface area (Å²) in [5.41, 5.74) is 0.0752. The molecule has 1 saturated carbocycles. The van der Waals surface area contributed by atoms with Crippen molar-refractivity contribution in [3.05, 3.63) is 40.2 Å². The maximum Gasteiger partial charge on any atom is 0.267 e. The van der Waals surface area contributed by atoms with Crippen LogP contribution >= 0.6 is 12.4 Å². The summed E-state index contributed by atoms with van der Waals surface area (Å²) in [6, 6.07) is 7.75. The van der Waals surface area contributed by atoms with Gasteiger partial charge in [0.1, 0.15) is 11.3 Å². The van der Waals surface area contributed by atoms with E-state index in [1.54, 1.807) is 22.8 Å². The van der Waals surface area contributed by atoms with Crippen molar-refractivity contribution in [3.8, 4) is 5.75 Å². The van der Waals surface area contributed by atoms with Gasteiger partial charge in [-0.15, -0.1) is 12.4 Å². The second kappa shape index (κ2) is 9.40. The van der Waals surface area contributed by atoms with Crippen LogP contribution < -0.4 is 10.9 Å². The van der Waals surface area contributed by atoms with Gasteiger partial charge in [0.2, 0.25) is 0 Å². The highest BCUT2D eigenvalue weighted by Crippen LogP contribution is 2.29. The fourth-order valence-electron chi connectivity index (χ4n) is 5.02. The number of likely N-dealkylation sites (tertiary alicyclic amines) is 1. The average Bonchev–Trinajstić information content (AvgIpc) is 3.23. The third-order valence-electron chi connectivity index (χ3n) is 6.52. The van der Waals surface area contributed by atoms with Crippen molar-refractivity contribution >= 4 is 29.2 Å². The normalized spacial score (nSPS) is 22.2. The standard InChI is InChI=1S/C23H31N3O3.ClH/c1-15(2)26-19-8-4-3-7-18(19)21(27)20(23(26)29)22(28)24-16-9-11-17(12-10-16)25-13-5-6-14-25;/h3-4,7-8,15-17,27H,5-6,9-14H2,1-2H3,(H,24,28);1H. The van der Waals surface area contributed by atoms with Crippen molar-refractivity contribution in [3.63, 3.8) is 0 Å². The van der Waals surface area contributed by atoms with Crippen molar-refractivity contribution in [1.29, 1.82) is 0 Å². The van der Waals surface area contributed by atoms with Crippen molar-refractivity contribution in [2.75, 3.05) is 13.1 Å². The number of benzene rings is 1. The highest BCUT2D eigenvalue weighted by Gasteiger charge is 2.30. The molecule has 0 atom stereocenters. The summed E-state index contributed by atoms with van der Waals surface area (Å²) < 4.78 is 1.59. The number of halogens is 1. The molecule has 1 saturated heterocycles. The van der Waals surface area contributed by atoms with E-state index < -0.39 is 11.5 Å². The van der Waals surface area contributed by atoms with E-state index in [2.05, 4.69) is 10.2 Å². The molecule has 30 heavy (non-hydrogen) atoms. The van der Waals surface area contributed by atoms with Gasteiger partial charge in [-0.1, -0.05) is 12.1 Å². The van der Waals surface area contributed by atoms with Gasteiger partial charge in [0.15, 0.2) is 0 Å². The van der Waals surface area contributed by atoms with Gasteiger partial charge in [0.05, 0.1) is 5.52 Å². The van der Waals surface area contributed by atoms with Crippen LogP contribution in [0.4, 0.5) is 0 Å². The molecule has 2 N–H and O–H groups in total. The number of aromatic hydroxyl groups is 1. The monoisotopic (exact) mass is 433 g/mol. The third-order valence-corrected chi connectivity index (χ3v) is 6.52. The summed E-state index contributed by atoms with van der Waals surface area (Å²) in [4.78, 5) is 28.7. The molecule has 2 fully saturated rings. The number of rotatable bonds is 4. The van der Waals surface area contributed by atoms with Crippen molar-refractivity contribution in [2.45, 2.75) is 70.5 Å². The van der Waals surface area contributed by atoms with Crippen LogP contribution in [0.1, 0.15) is 68.8 Å². The Morgan fingerprint density at radius 2 is 1.73 bits per heavy atom. The first kappa shape index (κ1) is 22.6. The van der Waals surface area contributed by atoms with E-state index >= 15 is 0 Å². The number of carbonyl (C=O) groups is 1. The van der Waals surface area contributed by atoms with Crippen molar-refractivity contribution in [1.82, 2.24) is 14.8 Å². The minimum Gasteiger partial charge on any atom is -0.506 e. The highest BCUT2D eigenvalue weighted by molar-refractivity contribution is 6.02. The molecule has 0 bridgehead atoms. The van der Waals surface area contributed by atoms with Crippen molar-refractivity contribution in [2.24, 2.45) is 0 Å². The summed E-state index contributed by atoms with van der Waals surface area (Å²) >= 11 is 0. The lowest BCUT2D eigenvalue weighted by Gasteiger charge is -2.34. The number of nitrogens with one attached hydrogen (secondary N) is 1. The molecule has 1 aromatic carbocycles. The molecule has 1 amide bonds. The van der Waals surface area contributed by atoms with E-state index in [0.29, 0.717) is 16.9 Å². The molecular weight excluding hydrogens is 402 g/mol. The lowest BCUT2D eigenvalue weighted by Crippen LogP contribution is -2.44. The van der Waals surface area contributed by atoms with Gasteiger partial charge in [-0.3, -0.25) is 9.59 Å².